The summed E-state index contributed by atoms with van der Waals surface area (Å²) < 4.78 is 11.6. The fraction of sp³-hybridized carbons (Fsp3) is 0.286. The quantitative estimate of drug-likeness (QED) is 0.860. The van der Waals surface area contributed by atoms with Gasteiger partial charge in [0.05, 0.1) is 19.3 Å². The van der Waals surface area contributed by atoms with Crippen molar-refractivity contribution in [1.82, 2.24) is 4.57 Å². The van der Waals surface area contributed by atoms with Crippen molar-refractivity contribution >= 4 is 11.7 Å². The average molecular weight is 276 g/mol. The number of aryl methyl sites for hydroxylation is 2. The summed E-state index contributed by atoms with van der Waals surface area (Å²) in [5, 5.41) is 3.12. The van der Waals surface area contributed by atoms with E-state index in [4.69, 9.17) is 4.42 Å². The molecule has 106 valence electrons. The highest BCUT2D eigenvalue weighted by atomic mass is 16.5. The largest absolute Gasteiger partial charge is 0.465 e. The lowest BCUT2D eigenvalue weighted by Crippen LogP contribution is -2.15. The van der Waals surface area contributed by atoms with Gasteiger partial charge in [-0.05, 0) is 19.1 Å². The van der Waals surface area contributed by atoms with Crippen LogP contribution in [0.3, 0.4) is 0 Å². The number of nitrogens with one attached hydrogen (secondary N) is 1. The fourth-order valence-corrected chi connectivity index (χ4v) is 1.83. The summed E-state index contributed by atoms with van der Waals surface area (Å²) in [5.74, 6) is 0.727. The number of hydrogen-bond acceptors (Lipinski definition) is 5. The third kappa shape index (κ3) is 2.90. The van der Waals surface area contributed by atoms with Gasteiger partial charge in [-0.25, -0.2) is 4.79 Å². The SMILES string of the molecule is COC(=O)c1cc(CNc2ccc(=O)n(C)c2)oc1C. The van der Waals surface area contributed by atoms with Crippen LogP contribution in [-0.4, -0.2) is 17.6 Å². The Labute approximate surface area is 116 Å². The smallest absolute Gasteiger partial charge is 0.341 e. The zero-order valence-electron chi connectivity index (χ0n) is 11.6. The molecular formula is C14H16N2O4. The second-order valence-corrected chi connectivity index (χ2v) is 4.39. The van der Waals surface area contributed by atoms with Crippen LogP contribution in [0.25, 0.3) is 0 Å². The van der Waals surface area contributed by atoms with Crippen LogP contribution in [0, 0.1) is 6.92 Å². The van der Waals surface area contributed by atoms with Gasteiger partial charge in [0.25, 0.3) is 0 Å². The number of anilines is 1. The molecule has 20 heavy (non-hydrogen) atoms. The minimum absolute atomic E-state index is 0.0719. The Morgan fingerprint density at radius 3 is 2.85 bits per heavy atom. The summed E-state index contributed by atoms with van der Waals surface area (Å²) in [7, 11) is 3.01. The number of esters is 1. The number of furan rings is 1. The summed E-state index contributed by atoms with van der Waals surface area (Å²) in [4.78, 5) is 22.7. The average Bonchev–Trinajstić information content (AvgIpc) is 2.80. The lowest BCUT2D eigenvalue weighted by atomic mass is 10.2. The predicted octanol–water partition coefficient (Wildman–Crippen LogP) is 1.69. The molecule has 6 nitrogen and oxygen atoms in total. The maximum Gasteiger partial charge on any atom is 0.341 e. The topological polar surface area (TPSA) is 73.5 Å². The molecule has 2 rings (SSSR count). The molecule has 0 fully saturated rings. The lowest BCUT2D eigenvalue weighted by Gasteiger charge is -2.05. The van der Waals surface area contributed by atoms with Gasteiger partial charge in [0.1, 0.15) is 17.1 Å². The van der Waals surface area contributed by atoms with E-state index in [0.717, 1.165) is 5.69 Å². The third-order valence-corrected chi connectivity index (χ3v) is 2.93. The van der Waals surface area contributed by atoms with E-state index < -0.39 is 5.97 Å². The molecule has 0 amide bonds. The molecule has 0 saturated carbocycles. The molecule has 2 heterocycles. The first kappa shape index (κ1) is 13.9. The Balaban J connectivity index is 2.09. The molecule has 0 aliphatic heterocycles. The number of aromatic nitrogens is 1. The molecule has 0 aromatic carbocycles. The molecule has 0 aliphatic carbocycles. The first-order valence-electron chi connectivity index (χ1n) is 6.09. The van der Waals surface area contributed by atoms with Crippen LogP contribution < -0.4 is 10.9 Å². The molecule has 0 bridgehead atoms. The van der Waals surface area contributed by atoms with Gasteiger partial charge in [-0.1, -0.05) is 0 Å². The maximum absolute atomic E-state index is 11.5. The molecule has 0 radical (unpaired) electrons. The molecule has 0 unspecified atom stereocenters. The Bertz CT molecular complexity index is 685. The van der Waals surface area contributed by atoms with Crippen LogP contribution in [0.15, 0.2) is 33.6 Å². The first-order chi connectivity index (χ1) is 9.51. The third-order valence-electron chi connectivity index (χ3n) is 2.93. The van der Waals surface area contributed by atoms with Crippen LogP contribution in [0.5, 0.6) is 0 Å². The molecule has 1 N–H and O–H groups in total. The molecular weight excluding hydrogens is 260 g/mol. The highest BCUT2D eigenvalue weighted by Gasteiger charge is 2.15. The predicted molar refractivity (Wildman–Crippen MR) is 73.8 cm³/mol. The molecule has 0 saturated heterocycles. The number of carbonyl (C=O) groups is 1. The van der Waals surface area contributed by atoms with Gasteiger partial charge in [-0.15, -0.1) is 0 Å². The second-order valence-electron chi connectivity index (χ2n) is 4.39. The number of pyridine rings is 1. The monoisotopic (exact) mass is 276 g/mol. The summed E-state index contributed by atoms with van der Waals surface area (Å²) in [6, 6.07) is 4.82. The van der Waals surface area contributed by atoms with Gasteiger partial charge >= 0.3 is 5.97 Å². The van der Waals surface area contributed by atoms with Crippen molar-refractivity contribution in [2.45, 2.75) is 13.5 Å². The minimum atomic E-state index is -0.417. The molecule has 6 heteroatoms. The van der Waals surface area contributed by atoms with Crippen LogP contribution in [-0.2, 0) is 18.3 Å². The molecule has 2 aromatic heterocycles. The van der Waals surface area contributed by atoms with Gasteiger partial charge in [0.15, 0.2) is 0 Å². The zero-order chi connectivity index (χ0) is 14.7. The maximum atomic E-state index is 11.5. The number of rotatable bonds is 4. The van der Waals surface area contributed by atoms with E-state index in [0.29, 0.717) is 23.6 Å². The Hall–Kier alpha value is -2.50. The Kier molecular flexibility index (Phi) is 3.93. The van der Waals surface area contributed by atoms with E-state index >= 15 is 0 Å². The number of hydrogen-bond donors (Lipinski definition) is 1. The number of ether oxygens (including phenoxy) is 1. The Morgan fingerprint density at radius 2 is 2.20 bits per heavy atom. The van der Waals surface area contributed by atoms with Crippen molar-refractivity contribution in [3.63, 3.8) is 0 Å². The summed E-state index contributed by atoms with van der Waals surface area (Å²) in [5.41, 5.74) is 1.14. The highest BCUT2D eigenvalue weighted by Crippen LogP contribution is 2.16. The summed E-state index contributed by atoms with van der Waals surface area (Å²) >= 11 is 0. The van der Waals surface area contributed by atoms with E-state index in [-0.39, 0.29) is 5.56 Å². The van der Waals surface area contributed by atoms with Gasteiger partial charge in [-0.2, -0.15) is 0 Å². The first-order valence-corrected chi connectivity index (χ1v) is 6.09. The van der Waals surface area contributed by atoms with E-state index in [1.54, 1.807) is 32.3 Å². The standard InChI is InChI=1S/C14H16N2O4/c1-9-12(14(18)19-3)6-11(20-9)7-15-10-4-5-13(17)16(2)8-10/h4-6,8,15H,7H2,1-3H3. The normalized spacial score (nSPS) is 10.3. The van der Waals surface area contributed by atoms with Crippen molar-refractivity contribution in [3.05, 3.63) is 51.8 Å². The molecule has 0 aliphatic rings. The lowest BCUT2D eigenvalue weighted by molar-refractivity contribution is 0.0599. The second kappa shape index (κ2) is 5.64. The Morgan fingerprint density at radius 1 is 1.45 bits per heavy atom. The van der Waals surface area contributed by atoms with Crippen molar-refractivity contribution in [2.24, 2.45) is 7.05 Å². The van der Waals surface area contributed by atoms with E-state index in [1.165, 1.54) is 17.7 Å². The van der Waals surface area contributed by atoms with Gasteiger partial charge < -0.3 is 19.0 Å². The van der Waals surface area contributed by atoms with Crippen LogP contribution in [0.2, 0.25) is 0 Å². The van der Waals surface area contributed by atoms with Crippen molar-refractivity contribution in [1.29, 1.82) is 0 Å². The molecule has 0 spiro atoms. The van der Waals surface area contributed by atoms with E-state index in [1.807, 2.05) is 0 Å². The van der Waals surface area contributed by atoms with Crippen LogP contribution >= 0.6 is 0 Å². The fourth-order valence-electron chi connectivity index (χ4n) is 1.83. The number of carbonyl (C=O) groups excluding carboxylic acids is 1. The molecule has 0 atom stereocenters. The van der Waals surface area contributed by atoms with Crippen molar-refractivity contribution in [2.75, 3.05) is 12.4 Å². The highest BCUT2D eigenvalue weighted by molar-refractivity contribution is 5.90. The van der Waals surface area contributed by atoms with Crippen LogP contribution in [0.4, 0.5) is 5.69 Å². The van der Waals surface area contributed by atoms with Crippen molar-refractivity contribution < 1.29 is 13.9 Å². The van der Waals surface area contributed by atoms with Crippen molar-refractivity contribution in [3.8, 4) is 0 Å². The zero-order valence-corrected chi connectivity index (χ0v) is 11.6. The molecule has 2 aromatic rings. The minimum Gasteiger partial charge on any atom is -0.465 e. The summed E-state index contributed by atoms with van der Waals surface area (Å²) in [6.07, 6.45) is 1.69. The summed E-state index contributed by atoms with van der Waals surface area (Å²) in [6.45, 7) is 2.12. The van der Waals surface area contributed by atoms with Gasteiger partial charge in [0.2, 0.25) is 5.56 Å². The van der Waals surface area contributed by atoms with Gasteiger partial charge in [0, 0.05) is 19.3 Å². The van der Waals surface area contributed by atoms with Gasteiger partial charge in [-0.3, -0.25) is 4.79 Å². The van der Waals surface area contributed by atoms with Crippen LogP contribution in [0.1, 0.15) is 21.9 Å². The number of methoxy groups -OCH3 is 1. The van der Waals surface area contributed by atoms with E-state index in [2.05, 4.69) is 10.1 Å². The van der Waals surface area contributed by atoms with E-state index in [9.17, 15) is 9.59 Å². The number of nitrogens with zero attached hydrogens (tertiary/aromatic N) is 1.